The molecule has 0 aromatic heterocycles. The highest BCUT2D eigenvalue weighted by atomic mass is 32.2. The van der Waals surface area contributed by atoms with Crippen LogP contribution in [0.1, 0.15) is 18.4 Å². The molecule has 2 aromatic carbocycles. The summed E-state index contributed by atoms with van der Waals surface area (Å²) in [6.45, 7) is 0.343. The highest BCUT2D eigenvalue weighted by molar-refractivity contribution is 7.92. The Morgan fingerprint density at radius 1 is 1.03 bits per heavy atom. The second-order valence-corrected chi connectivity index (χ2v) is 12.0. The Morgan fingerprint density at radius 2 is 1.69 bits per heavy atom. The quantitative estimate of drug-likeness (QED) is 0.567. The van der Waals surface area contributed by atoms with Crippen LogP contribution in [0.25, 0.3) is 0 Å². The van der Waals surface area contributed by atoms with Crippen LogP contribution in [-0.4, -0.2) is 58.5 Å². The number of carbonyl (C=O) groups is 1. The summed E-state index contributed by atoms with van der Waals surface area (Å²) < 4.78 is 92.9. The highest BCUT2D eigenvalue weighted by Gasteiger charge is 2.34. The Labute approximate surface area is 202 Å². The summed E-state index contributed by atoms with van der Waals surface area (Å²) in [5.74, 6) is -0.981. The van der Waals surface area contributed by atoms with E-state index < -0.39 is 43.8 Å². The topological polar surface area (TPSA) is 116 Å². The van der Waals surface area contributed by atoms with Gasteiger partial charge in [-0.3, -0.25) is 9.52 Å². The lowest BCUT2D eigenvalue weighted by atomic mass is 9.99. The van der Waals surface area contributed by atoms with Crippen molar-refractivity contribution < 1.29 is 34.8 Å². The van der Waals surface area contributed by atoms with Gasteiger partial charge in [0.15, 0.2) is 0 Å². The van der Waals surface area contributed by atoms with Gasteiger partial charge < -0.3 is 5.32 Å². The van der Waals surface area contributed by atoms with E-state index >= 15 is 0 Å². The van der Waals surface area contributed by atoms with Gasteiger partial charge >= 0.3 is 6.18 Å². The number of rotatable bonds is 7. The number of nitrogens with zero attached hydrogens (tertiary/aromatic N) is 2. The second-order valence-electron chi connectivity index (χ2n) is 8.19. The van der Waals surface area contributed by atoms with Gasteiger partial charge in [-0.15, -0.1) is 0 Å². The van der Waals surface area contributed by atoms with Crippen molar-refractivity contribution >= 4 is 37.5 Å². The van der Waals surface area contributed by atoms with Crippen molar-refractivity contribution in [1.29, 1.82) is 0 Å². The number of benzene rings is 2. The molecule has 0 spiro atoms. The van der Waals surface area contributed by atoms with Crippen LogP contribution in [0.4, 0.5) is 24.5 Å². The summed E-state index contributed by atoms with van der Waals surface area (Å²) in [4.78, 5) is 12.5. The molecule has 1 heterocycles. The molecule has 0 saturated carbocycles. The van der Waals surface area contributed by atoms with Gasteiger partial charge in [-0.05, 0) is 55.3 Å². The molecule has 1 amide bonds. The molecule has 0 radical (unpaired) electrons. The number of halogens is 3. The predicted octanol–water partition coefficient (Wildman–Crippen LogP) is 2.96. The van der Waals surface area contributed by atoms with E-state index in [0.717, 1.165) is 16.4 Å². The van der Waals surface area contributed by atoms with Crippen molar-refractivity contribution in [3.63, 3.8) is 0 Å². The molecule has 9 nitrogen and oxygen atoms in total. The zero-order chi connectivity index (χ0) is 26.0. The summed E-state index contributed by atoms with van der Waals surface area (Å²) in [5.41, 5.74) is -0.942. The third kappa shape index (κ3) is 6.51. The second kappa shape index (κ2) is 10.1. The van der Waals surface area contributed by atoms with Crippen LogP contribution in [0, 0.1) is 5.92 Å². The van der Waals surface area contributed by atoms with E-state index in [0.29, 0.717) is 31.1 Å². The van der Waals surface area contributed by atoms with Crippen molar-refractivity contribution in [1.82, 2.24) is 8.61 Å². The van der Waals surface area contributed by atoms with Gasteiger partial charge in [0.1, 0.15) is 0 Å². The lowest BCUT2D eigenvalue weighted by Crippen LogP contribution is -2.47. The third-order valence-corrected chi connectivity index (χ3v) is 8.72. The Kier molecular flexibility index (Phi) is 7.79. The number of amides is 1. The van der Waals surface area contributed by atoms with Gasteiger partial charge in [0.05, 0.1) is 16.4 Å². The molecular formula is C21H25F3N4O5S2. The average molecular weight is 535 g/mol. The van der Waals surface area contributed by atoms with Gasteiger partial charge in [0, 0.05) is 38.6 Å². The number of hydrogen-bond donors (Lipinski definition) is 2. The fourth-order valence-corrected chi connectivity index (χ4v) is 5.77. The first-order chi connectivity index (χ1) is 16.2. The molecule has 0 bridgehead atoms. The minimum Gasteiger partial charge on any atom is -0.326 e. The SMILES string of the molecule is CN(C)S(=O)(=O)N1CCC[C@H](C(=O)Nc2ccc(S(=O)(=O)Nc3cccc(C(F)(F)F)c3)cc2)C1. The largest absolute Gasteiger partial charge is 0.416 e. The van der Waals surface area contributed by atoms with Crippen LogP contribution in [0.2, 0.25) is 0 Å². The first kappa shape index (κ1) is 26.9. The number of piperidine rings is 1. The molecule has 192 valence electrons. The van der Waals surface area contributed by atoms with Crippen LogP contribution < -0.4 is 10.0 Å². The molecule has 0 aliphatic carbocycles. The van der Waals surface area contributed by atoms with E-state index in [4.69, 9.17) is 0 Å². The smallest absolute Gasteiger partial charge is 0.326 e. The van der Waals surface area contributed by atoms with E-state index in [1.54, 1.807) is 0 Å². The molecule has 1 aliphatic heterocycles. The van der Waals surface area contributed by atoms with E-state index in [1.807, 2.05) is 0 Å². The molecule has 3 rings (SSSR count). The monoisotopic (exact) mass is 534 g/mol. The zero-order valence-corrected chi connectivity index (χ0v) is 20.5. The Balaban J connectivity index is 1.67. The van der Waals surface area contributed by atoms with Crippen LogP contribution in [-0.2, 0) is 31.2 Å². The third-order valence-electron chi connectivity index (χ3n) is 5.42. The summed E-state index contributed by atoms with van der Waals surface area (Å²) in [5, 5.41) is 2.65. The summed E-state index contributed by atoms with van der Waals surface area (Å²) in [6, 6.07) is 8.91. The standard InChI is InChI=1S/C21H25F3N4O5S2/c1-27(2)35(32,33)28-12-4-5-15(14-28)20(29)25-17-8-10-19(11-9-17)34(30,31)26-18-7-3-6-16(13-18)21(22,23)24/h3,6-11,13,15,26H,4-5,12,14H2,1-2H3,(H,25,29)/t15-/m0/s1. The number of anilines is 2. The molecule has 0 unspecified atom stereocenters. The number of hydrogen-bond acceptors (Lipinski definition) is 5. The van der Waals surface area contributed by atoms with Crippen LogP contribution in [0.15, 0.2) is 53.4 Å². The fraction of sp³-hybridized carbons (Fsp3) is 0.381. The van der Waals surface area contributed by atoms with E-state index in [-0.39, 0.29) is 17.1 Å². The minimum absolute atomic E-state index is 0.0275. The Hall–Kier alpha value is -2.68. The lowest BCUT2D eigenvalue weighted by molar-refractivity contribution is -0.137. The maximum absolute atomic E-state index is 12.9. The zero-order valence-electron chi connectivity index (χ0n) is 18.9. The van der Waals surface area contributed by atoms with Crippen LogP contribution in [0.3, 0.4) is 0 Å². The van der Waals surface area contributed by atoms with Crippen molar-refractivity contribution in [2.24, 2.45) is 5.92 Å². The maximum atomic E-state index is 12.9. The van der Waals surface area contributed by atoms with Crippen molar-refractivity contribution in [2.75, 3.05) is 37.2 Å². The average Bonchev–Trinajstić information content (AvgIpc) is 2.78. The molecule has 14 heteroatoms. The van der Waals surface area contributed by atoms with E-state index in [1.165, 1.54) is 48.7 Å². The van der Waals surface area contributed by atoms with Gasteiger partial charge in [0.25, 0.3) is 20.2 Å². The van der Waals surface area contributed by atoms with E-state index in [9.17, 15) is 34.8 Å². The summed E-state index contributed by atoms with van der Waals surface area (Å²) in [6.07, 6.45) is -3.60. The molecular weight excluding hydrogens is 509 g/mol. The molecule has 35 heavy (non-hydrogen) atoms. The summed E-state index contributed by atoms with van der Waals surface area (Å²) >= 11 is 0. The van der Waals surface area contributed by atoms with Gasteiger partial charge in [-0.2, -0.15) is 30.2 Å². The number of sulfonamides is 1. The highest BCUT2D eigenvalue weighted by Crippen LogP contribution is 2.31. The minimum atomic E-state index is -4.62. The van der Waals surface area contributed by atoms with Gasteiger partial charge in [-0.25, -0.2) is 8.42 Å². The number of alkyl halides is 3. The predicted molar refractivity (Wildman–Crippen MR) is 124 cm³/mol. The molecule has 1 fully saturated rings. The Bertz CT molecular complexity index is 1280. The van der Waals surface area contributed by atoms with Gasteiger partial charge in [0.2, 0.25) is 5.91 Å². The molecule has 1 aliphatic rings. The van der Waals surface area contributed by atoms with Crippen molar-refractivity contribution in [2.45, 2.75) is 23.9 Å². The summed E-state index contributed by atoms with van der Waals surface area (Å²) in [7, 11) is -5.00. The molecule has 2 aromatic rings. The van der Waals surface area contributed by atoms with Crippen LogP contribution in [0.5, 0.6) is 0 Å². The maximum Gasteiger partial charge on any atom is 0.416 e. The van der Waals surface area contributed by atoms with Crippen LogP contribution >= 0.6 is 0 Å². The lowest BCUT2D eigenvalue weighted by Gasteiger charge is -2.32. The number of carbonyl (C=O) groups excluding carboxylic acids is 1. The fourth-order valence-electron chi connectivity index (χ4n) is 3.53. The first-order valence-electron chi connectivity index (χ1n) is 10.5. The molecule has 1 atom stereocenters. The Morgan fingerprint density at radius 3 is 2.29 bits per heavy atom. The normalized spacial score (nSPS) is 17.8. The van der Waals surface area contributed by atoms with E-state index in [2.05, 4.69) is 10.0 Å². The first-order valence-corrected chi connectivity index (χ1v) is 13.4. The van der Waals surface area contributed by atoms with Gasteiger partial charge in [-0.1, -0.05) is 6.07 Å². The van der Waals surface area contributed by atoms with Crippen molar-refractivity contribution in [3.8, 4) is 0 Å². The molecule has 1 saturated heterocycles. The number of nitrogens with one attached hydrogen (secondary N) is 2. The molecule has 2 N–H and O–H groups in total. The van der Waals surface area contributed by atoms with Crippen molar-refractivity contribution in [3.05, 3.63) is 54.1 Å².